The van der Waals surface area contributed by atoms with Crippen molar-refractivity contribution in [2.45, 2.75) is 33.6 Å². The van der Waals surface area contributed by atoms with Crippen LogP contribution in [-0.4, -0.2) is 29.4 Å². The van der Waals surface area contributed by atoms with Gasteiger partial charge in [0.25, 0.3) is 0 Å². The number of halogens is 6. The Balaban J connectivity index is 0.000000346. The van der Waals surface area contributed by atoms with Crippen molar-refractivity contribution >= 4 is 16.8 Å². The minimum absolute atomic E-state index is 0. The quantitative estimate of drug-likeness (QED) is 0.103. The molecule has 0 atom stereocenters. The Morgan fingerprint density at radius 3 is 1.66 bits per heavy atom. The number of aliphatic hydroxyl groups is 1. The molecule has 5 aromatic rings. The molecule has 238 valence electrons. The number of oxazole rings is 1. The van der Waals surface area contributed by atoms with Crippen LogP contribution in [-0.2, 0) is 12.4 Å². The molecule has 0 aliphatic heterocycles. The monoisotopic (exact) mass is 624 g/mol. The number of methoxy groups -OCH3 is 1. The molecule has 12 heteroatoms. The zero-order valence-electron chi connectivity index (χ0n) is 23.6. The van der Waals surface area contributed by atoms with Gasteiger partial charge >= 0.3 is 12.4 Å². The molecule has 4 aromatic carbocycles. The van der Waals surface area contributed by atoms with E-state index in [-0.39, 0.29) is 13.2 Å². The molecule has 1 aromatic heterocycles. The molecule has 5 rings (SSSR count). The molecule has 0 fully saturated rings. The lowest BCUT2D eigenvalue weighted by molar-refractivity contribution is -0.138. The normalized spacial score (nSPS) is 10.6. The number of aromatic hydroxyl groups is 1. The van der Waals surface area contributed by atoms with Crippen molar-refractivity contribution < 1.29 is 45.7 Å². The molecule has 0 saturated carbocycles. The number of hydrogen-bond donors (Lipinski definition) is 3. The number of nitrogens with zero attached hydrogens (tertiary/aromatic N) is 1. The molecule has 0 spiro atoms. The zero-order chi connectivity index (χ0) is 32.4. The molecule has 0 aliphatic carbocycles. The van der Waals surface area contributed by atoms with Crippen LogP contribution in [0.3, 0.4) is 0 Å². The van der Waals surface area contributed by atoms with Crippen LogP contribution in [0.5, 0.6) is 11.5 Å². The zero-order valence-corrected chi connectivity index (χ0v) is 23.6. The van der Waals surface area contributed by atoms with Crippen LogP contribution in [0, 0.1) is 13.8 Å². The molecule has 0 aliphatic rings. The van der Waals surface area contributed by atoms with Crippen molar-refractivity contribution in [3.63, 3.8) is 0 Å². The maximum absolute atomic E-state index is 12.5. The highest BCUT2D eigenvalue weighted by Gasteiger charge is 2.30. The number of nitrogens with two attached hydrogens (primary N) is 1. The highest BCUT2D eigenvalue weighted by atomic mass is 19.4. The van der Waals surface area contributed by atoms with E-state index in [9.17, 15) is 26.3 Å². The number of nitrogen functional groups attached to an aromatic ring is 1. The van der Waals surface area contributed by atoms with E-state index >= 15 is 0 Å². The summed E-state index contributed by atoms with van der Waals surface area (Å²) in [6.45, 7) is 3.83. The van der Waals surface area contributed by atoms with Crippen LogP contribution in [0.1, 0.15) is 29.7 Å². The predicted octanol–water partition coefficient (Wildman–Crippen LogP) is 9.06. The second-order valence-corrected chi connectivity index (χ2v) is 8.85. The van der Waals surface area contributed by atoms with Gasteiger partial charge in [-0.1, -0.05) is 19.6 Å². The van der Waals surface area contributed by atoms with Crippen molar-refractivity contribution in [2.75, 3.05) is 20.0 Å². The van der Waals surface area contributed by atoms with E-state index in [0.29, 0.717) is 34.0 Å². The number of benzene rings is 4. The molecule has 0 bridgehead atoms. The topological polar surface area (TPSA) is 102 Å². The van der Waals surface area contributed by atoms with Crippen LogP contribution in [0.15, 0.2) is 89.3 Å². The van der Waals surface area contributed by atoms with E-state index in [0.717, 1.165) is 42.5 Å². The Hall–Kier alpha value is -4.71. The van der Waals surface area contributed by atoms with Gasteiger partial charge in [0.05, 0.1) is 23.9 Å². The van der Waals surface area contributed by atoms with Crippen LogP contribution in [0.4, 0.5) is 32.0 Å². The van der Waals surface area contributed by atoms with Gasteiger partial charge in [0.1, 0.15) is 17.0 Å². The van der Waals surface area contributed by atoms with Crippen LogP contribution >= 0.6 is 0 Å². The van der Waals surface area contributed by atoms with Gasteiger partial charge in [0.2, 0.25) is 5.89 Å². The maximum Gasteiger partial charge on any atom is 0.416 e. The first kappa shape index (κ1) is 37.3. The van der Waals surface area contributed by atoms with Gasteiger partial charge in [-0.05, 0) is 97.8 Å². The van der Waals surface area contributed by atoms with Gasteiger partial charge in [-0.25, -0.2) is 4.98 Å². The Labute approximate surface area is 251 Å². The van der Waals surface area contributed by atoms with Crippen LogP contribution in [0.2, 0.25) is 0 Å². The van der Waals surface area contributed by atoms with E-state index < -0.39 is 23.5 Å². The highest BCUT2D eigenvalue weighted by molar-refractivity contribution is 5.76. The standard InChI is InChI=1S/C15H10F3NO.C8H7F3O.C7H9NO.CH4O.CH4/c1-9-2-7-12-13(8-9)20-14(19-12)10-3-5-11(6-4-10)15(16,17)18;1-12-7-4-2-6(3-5-7)8(9,10)11;1-5-2-3-6(8)7(9)4-5;1-2;/h2-8H,1H3;2-5H,1H3;2-4,9H,8H2,1H3;2H,1H3;1H4. The maximum atomic E-state index is 12.5. The summed E-state index contributed by atoms with van der Waals surface area (Å²) in [6.07, 6.45) is -8.61. The van der Waals surface area contributed by atoms with Gasteiger partial charge in [-0.2, -0.15) is 26.3 Å². The summed E-state index contributed by atoms with van der Waals surface area (Å²) >= 11 is 0. The number of fused-ring (bicyclic) bond motifs is 1. The minimum Gasteiger partial charge on any atom is -0.506 e. The number of anilines is 1. The first-order chi connectivity index (χ1) is 20.2. The summed E-state index contributed by atoms with van der Waals surface area (Å²) in [4.78, 5) is 4.27. The Morgan fingerprint density at radius 1 is 0.727 bits per heavy atom. The fourth-order valence-corrected chi connectivity index (χ4v) is 3.39. The van der Waals surface area contributed by atoms with Crippen molar-refractivity contribution in [2.24, 2.45) is 0 Å². The van der Waals surface area contributed by atoms with Crippen LogP contribution in [0.25, 0.3) is 22.6 Å². The van der Waals surface area contributed by atoms with E-state index in [4.69, 9.17) is 25.1 Å². The fourth-order valence-electron chi connectivity index (χ4n) is 3.39. The number of ether oxygens (including phenoxy) is 1. The number of aromatic nitrogens is 1. The summed E-state index contributed by atoms with van der Waals surface area (Å²) in [5.74, 6) is 0.900. The lowest BCUT2D eigenvalue weighted by Gasteiger charge is -2.06. The van der Waals surface area contributed by atoms with E-state index in [1.54, 1.807) is 12.1 Å². The lowest BCUT2D eigenvalue weighted by Crippen LogP contribution is -2.03. The van der Waals surface area contributed by atoms with Crippen LogP contribution < -0.4 is 10.5 Å². The summed E-state index contributed by atoms with van der Waals surface area (Å²) in [5, 5.41) is 16.0. The Kier molecular flexibility index (Phi) is 13.8. The molecular formula is C32H34F6N2O4. The number of alkyl halides is 6. The summed E-state index contributed by atoms with van der Waals surface area (Å²) < 4.78 is 83.7. The number of phenolic OH excluding ortho intramolecular Hbond substituents is 1. The van der Waals surface area contributed by atoms with Crippen molar-refractivity contribution in [1.82, 2.24) is 4.98 Å². The first-order valence-corrected chi connectivity index (χ1v) is 12.4. The van der Waals surface area contributed by atoms with E-state index in [2.05, 4.69) is 4.98 Å². The molecule has 6 nitrogen and oxygen atoms in total. The average molecular weight is 625 g/mol. The summed E-state index contributed by atoms with van der Waals surface area (Å²) in [5.41, 5.74) is 8.30. The smallest absolute Gasteiger partial charge is 0.416 e. The average Bonchev–Trinajstić information content (AvgIpc) is 3.39. The van der Waals surface area contributed by atoms with Gasteiger partial charge in [-0.15, -0.1) is 0 Å². The highest BCUT2D eigenvalue weighted by Crippen LogP contribution is 2.32. The second-order valence-electron chi connectivity index (χ2n) is 8.85. The fraction of sp³-hybridized carbons (Fsp3) is 0.219. The third-order valence-electron chi connectivity index (χ3n) is 5.61. The molecule has 0 amide bonds. The Bertz CT molecular complexity index is 1580. The molecule has 1 heterocycles. The molecule has 0 radical (unpaired) electrons. The van der Waals surface area contributed by atoms with Crippen molar-refractivity contribution in [3.05, 3.63) is 107 Å². The molecular weight excluding hydrogens is 590 g/mol. The minimum atomic E-state index is -4.34. The Morgan fingerprint density at radius 2 is 1.20 bits per heavy atom. The SMILES string of the molecule is C.CO.COc1ccc(C(F)(F)F)cc1.Cc1ccc(N)c(O)c1.Cc1ccc2nc(-c3ccc(C(F)(F)F)cc3)oc2c1. The molecule has 0 saturated heterocycles. The number of rotatable bonds is 2. The summed E-state index contributed by atoms with van der Waals surface area (Å²) in [6, 6.07) is 20.0. The summed E-state index contributed by atoms with van der Waals surface area (Å²) in [7, 11) is 2.41. The van der Waals surface area contributed by atoms with Gasteiger partial charge < -0.3 is 25.1 Å². The van der Waals surface area contributed by atoms with Gasteiger partial charge in [-0.3, -0.25) is 0 Å². The first-order valence-electron chi connectivity index (χ1n) is 12.4. The van der Waals surface area contributed by atoms with E-state index in [1.165, 1.54) is 31.4 Å². The van der Waals surface area contributed by atoms with Crippen molar-refractivity contribution in [3.8, 4) is 23.0 Å². The largest absolute Gasteiger partial charge is 0.506 e. The molecule has 0 unspecified atom stereocenters. The third kappa shape index (κ3) is 10.8. The van der Waals surface area contributed by atoms with E-state index in [1.807, 2.05) is 38.1 Å². The number of aliphatic hydroxyl groups excluding tert-OH is 1. The third-order valence-corrected chi connectivity index (χ3v) is 5.61. The van der Waals surface area contributed by atoms with Gasteiger partial charge in [0.15, 0.2) is 5.58 Å². The van der Waals surface area contributed by atoms with Crippen molar-refractivity contribution in [1.29, 1.82) is 0 Å². The number of phenols is 1. The molecule has 44 heavy (non-hydrogen) atoms. The van der Waals surface area contributed by atoms with Gasteiger partial charge in [0, 0.05) is 12.7 Å². The number of aryl methyl sites for hydroxylation is 2. The molecule has 4 N–H and O–H groups in total. The lowest BCUT2D eigenvalue weighted by atomic mass is 10.1. The number of hydrogen-bond acceptors (Lipinski definition) is 6. The second kappa shape index (κ2) is 16.2. The predicted molar refractivity (Wildman–Crippen MR) is 159 cm³/mol.